The summed E-state index contributed by atoms with van der Waals surface area (Å²) in [4.78, 5) is 37.6. The first-order valence-corrected chi connectivity index (χ1v) is 11.6. The molecule has 0 saturated heterocycles. The molecule has 1 aliphatic carbocycles. The fraction of sp³-hybridized carbons (Fsp3) is 0.591. The molecule has 0 radical (unpaired) electrons. The van der Waals surface area contributed by atoms with Gasteiger partial charge in [0.2, 0.25) is 11.8 Å². The van der Waals surface area contributed by atoms with Gasteiger partial charge in [-0.3, -0.25) is 14.4 Å². The highest BCUT2D eigenvalue weighted by atomic mass is 32.2. The molecule has 0 spiro atoms. The number of hydrogen-bond donors (Lipinski definition) is 3. The zero-order valence-electron chi connectivity index (χ0n) is 17.5. The lowest BCUT2D eigenvalue weighted by Gasteiger charge is -2.21. The average Bonchev–Trinajstić information content (AvgIpc) is 2.68. The van der Waals surface area contributed by atoms with Crippen molar-refractivity contribution in [3.8, 4) is 0 Å². The van der Waals surface area contributed by atoms with Crippen LogP contribution in [0.1, 0.15) is 69.2 Å². The minimum atomic E-state index is -0.622. The summed E-state index contributed by atoms with van der Waals surface area (Å²) in [7, 11) is 0. The van der Waals surface area contributed by atoms with Gasteiger partial charge in [-0.1, -0.05) is 44.2 Å². The SMILES string of the molecule is CCNC(=O)[C@@H](C)NC(=O)c1ccccc1SCC(=O)NC1CCCCCCC1. The van der Waals surface area contributed by atoms with Gasteiger partial charge < -0.3 is 16.0 Å². The van der Waals surface area contributed by atoms with Gasteiger partial charge in [-0.15, -0.1) is 11.8 Å². The van der Waals surface area contributed by atoms with E-state index in [-0.39, 0.29) is 29.5 Å². The standard InChI is InChI=1S/C22H33N3O3S/c1-3-23-21(27)16(2)24-22(28)18-13-9-10-14-19(18)29-15-20(26)25-17-11-7-5-4-6-8-12-17/h9-10,13-14,16-17H,3-8,11-12,15H2,1-2H3,(H,23,27)(H,24,28)(H,25,26)/t16-/m1/s1. The Balaban J connectivity index is 1.90. The lowest BCUT2D eigenvalue weighted by atomic mass is 9.97. The molecular formula is C22H33N3O3S. The van der Waals surface area contributed by atoms with Crippen LogP contribution >= 0.6 is 11.8 Å². The molecule has 1 aromatic rings. The summed E-state index contributed by atoms with van der Waals surface area (Å²) in [5, 5.41) is 8.57. The molecule has 0 aromatic heterocycles. The molecule has 2 rings (SSSR count). The molecule has 0 aliphatic heterocycles. The molecule has 1 atom stereocenters. The Hall–Kier alpha value is -2.02. The first kappa shape index (κ1) is 23.3. The second kappa shape index (κ2) is 12.5. The molecular weight excluding hydrogens is 386 g/mol. The molecule has 0 unspecified atom stereocenters. The van der Waals surface area contributed by atoms with E-state index in [1.165, 1.54) is 43.9 Å². The van der Waals surface area contributed by atoms with E-state index < -0.39 is 6.04 Å². The molecule has 3 N–H and O–H groups in total. The highest BCUT2D eigenvalue weighted by Crippen LogP contribution is 2.23. The maximum atomic E-state index is 12.6. The summed E-state index contributed by atoms with van der Waals surface area (Å²) < 4.78 is 0. The number of amides is 3. The lowest BCUT2D eigenvalue weighted by Crippen LogP contribution is -2.44. The molecule has 29 heavy (non-hydrogen) atoms. The van der Waals surface area contributed by atoms with Crippen LogP contribution in [-0.2, 0) is 9.59 Å². The Morgan fingerprint density at radius 2 is 1.72 bits per heavy atom. The van der Waals surface area contributed by atoms with Crippen molar-refractivity contribution >= 4 is 29.5 Å². The Bertz CT molecular complexity index is 688. The molecule has 1 aliphatic rings. The van der Waals surface area contributed by atoms with E-state index in [4.69, 9.17) is 0 Å². The van der Waals surface area contributed by atoms with Gasteiger partial charge in [0.1, 0.15) is 6.04 Å². The molecule has 0 bridgehead atoms. The van der Waals surface area contributed by atoms with Crippen LogP contribution in [0.4, 0.5) is 0 Å². The maximum Gasteiger partial charge on any atom is 0.253 e. The van der Waals surface area contributed by atoms with E-state index in [0.29, 0.717) is 12.1 Å². The summed E-state index contributed by atoms with van der Waals surface area (Å²) in [6, 6.07) is 6.82. The van der Waals surface area contributed by atoms with Crippen LogP contribution in [0.3, 0.4) is 0 Å². The van der Waals surface area contributed by atoms with Crippen LogP contribution in [0, 0.1) is 0 Å². The van der Waals surface area contributed by atoms with Crippen LogP contribution in [0.2, 0.25) is 0 Å². The van der Waals surface area contributed by atoms with E-state index in [9.17, 15) is 14.4 Å². The quantitative estimate of drug-likeness (QED) is 0.565. The van der Waals surface area contributed by atoms with Gasteiger partial charge in [0, 0.05) is 17.5 Å². The number of thioether (sulfide) groups is 1. The van der Waals surface area contributed by atoms with Crippen molar-refractivity contribution in [3.05, 3.63) is 29.8 Å². The first-order chi connectivity index (χ1) is 14.0. The summed E-state index contributed by atoms with van der Waals surface area (Å²) in [6.07, 6.45) is 8.24. The Labute approximate surface area is 178 Å². The highest BCUT2D eigenvalue weighted by Gasteiger charge is 2.19. The summed E-state index contributed by atoms with van der Waals surface area (Å²) in [5.74, 6) is -0.254. The van der Waals surface area contributed by atoms with Crippen molar-refractivity contribution in [1.29, 1.82) is 0 Å². The van der Waals surface area contributed by atoms with Crippen LogP contribution in [0.25, 0.3) is 0 Å². The fourth-order valence-corrected chi connectivity index (χ4v) is 4.32. The van der Waals surface area contributed by atoms with Gasteiger partial charge in [0.05, 0.1) is 11.3 Å². The third-order valence-electron chi connectivity index (χ3n) is 5.05. The number of hydrogen-bond acceptors (Lipinski definition) is 4. The zero-order valence-corrected chi connectivity index (χ0v) is 18.3. The van der Waals surface area contributed by atoms with E-state index in [2.05, 4.69) is 16.0 Å². The molecule has 1 saturated carbocycles. The predicted molar refractivity (Wildman–Crippen MR) is 117 cm³/mol. The van der Waals surface area contributed by atoms with Crippen molar-refractivity contribution in [2.75, 3.05) is 12.3 Å². The second-order valence-corrected chi connectivity index (χ2v) is 8.50. The van der Waals surface area contributed by atoms with Crippen LogP contribution in [0.5, 0.6) is 0 Å². The van der Waals surface area contributed by atoms with E-state index in [0.717, 1.165) is 17.7 Å². The molecule has 0 heterocycles. The summed E-state index contributed by atoms with van der Waals surface area (Å²) in [5.41, 5.74) is 0.479. The molecule has 1 fully saturated rings. The number of carbonyl (C=O) groups is 3. The topological polar surface area (TPSA) is 87.3 Å². The van der Waals surface area contributed by atoms with Gasteiger partial charge in [-0.2, -0.15) is 0 Å². The monoisotopic (exact) mass is 419 g/mol. The lowest BCUT2D eigenvalue weighted by molar-refractivity contribution is -0.122. The van der Waals surface area contributed by atoms with Crippen molar-refractivity contribution in [2.24, 2.45) is 0 Å². The predicted octanol–water partition coefficient (Wildman–Crippen LogP) is 3.26. The largest absolute Gasteiger partial charge is 0.355 e. The number of carbonyl (C=O) groups excluding carboxylic acids is 3. The van der Waals surface area contributed by atoms with E-state index in [1.807, 2.05) is 19.1 Å². The number of rotatable bonds is 8. The molecule has 3 amide bonds. The van der Waals surface area contributed by atoms with E-state index in [1.54, 1.807) is 19.1 Å². The third-order valence-corrected chi connectivity index (χ3v) is 6.13. The number of likely N-dealkylation sites (N-methyl/N-ethyl adjacent to an activating group) is 1. The minimum Gasteiger partial charge on any atom is -0.355 e. The van der Waals surface area contributed by atoms with Gasteiger partial charge in [-0.25, -0.2) is 0 Å². The smallest absolute Gasteiger partial charge is 0.253 e. The van der Waals surface area contributed by atoms with Crippen LogP contribution in [0.15, 0.2) is 29.2 Å². The Morgan fingerprint density at radius 3 is 2.41 bits per heavy atom. The summed E-state index contributed by atoms with van der Waals surface area (Å²) >= 11 is 1.35. The minimum absolute atomic E-state index is 0.00600. The first-order valence-electron chi connectivity index (χ1n) is 10.6. The molecule has 6 nitrogen and oxygen atoms in total. The Kier molecular flexibility index (Phi) is 10.0. The van der Waals surface area contributed by atoms with Crippen molar-refractivity contribution in [2.45, 2.75) is 75.8 Å². The third kappa shape index (κ3) is 8.09. The number of nitrogens with one attached hydrogen (secondary N) is 3. The second-order valence-electron chi connectivity index (χ2n) is 7.48. The van der Waals surface area contributed by atoms with Crippen LogP contribution < -0.4 is 16.0 Å². The molecule has 1 aromatic carbocycles. The number of benzene rings is 1. The molecule has 7 heteroatoms. The van der Waals surface area contributed by atoms with Crippen LogP contribution in [-0.4, -0.2) is 42.1 Å². The zero-order chi connectivity index (χ0) is 21.1. The van der Waals surface area contributed by atoms with Crippen molar-refractivity contribution < 1.29 is 14.4 Å². The normalized spacial score (nSPS) is 16.2. The van der Waals surface area contributed by atoms with Gasteiger partial charge in [0.25, 0.3) is 5.91 Å². The van der Waals surface area contributed by atoms with Gasteiger partial charge in [-0.05, 0) is 38.8 Å². The maximum absolute atomic E-state index is 12.6. The van der Waals surface area contributed by atoms with Crippen molar-refractivity contribution in [1.82, 2.24) is 16.0 Å². The average molecular weight is 420 g/mol. The Morgan fingerprint density at radius 1 is 1.07 bits per heavy atom. The van der Waals surface area contributed by atoms with Gasteiger partial charge in [0.15, 0.2) is 0 Å². The molecule has 160 valence electrons. The van der Waals surface area contributed by atoms with Crippen molar-refractivity contribution in [3.63, 3.8) is 0 Å². The highest BCUT2D eigenvalue weighted by molar-refractivity contribution is 8.00. The van der Waals surface area contributed by atoms with E-state index >= 15 is 0 Å². The fourth-order valence-electron chi connectivity index (χ4n) is 3.46. The summed E-state index contributed by atoms with van der Waals surface area (Å²) in [6.45, 7) is 4.00. The van der Waals surface area contributed by atoms with Gasteiger partial charge >= 0.3 is 0 Å².